The molecule has 0 unspecified atom stereocenters. The molecule has 0 bridgehead atoms. The van der Waals surface area contributed by atoms with Crippen LogP contribution in [0.2, 0.25) is 0 Å². The zero-order chi connectivity index (χ0) is 26.2. The SMILES string of the molecule is O=C(Cc1ccccc1)Nc1cncc(-c2cnc3[nH]nc(-c4nc5c(-c6ccsc6)cncc5[nH]4)c3c2)c1. The summed E-state index contributed by atoms with van der Waals surface area (Å²) in [4.78, 5) is 34.1. The number of aromatic amines is 2. The number of hydrogen-bond donors (Lipinski definition) is 3. The van der Waals surface area contributed by atoms with E-state index < -0.39 is 0 Å². The lowest BCUT2D eigenvalue weighted by Gasteiger charge is -2.07. The van der Waals surface area contributed by atoms with Crippen LogP contribution in [-0.2, 0) is 11.2 Å². The van der Waals surface area contributed by atoms with Crippen LogP contribution in [0.1, 0.15) is 5.56 Å². The molecule has 188 valence electrons. The highest BCUT2D eigenvalue weighted by atomic mass is 32.1. The minimum atomic E-state index is -0.105. The van der Waals surface area contributed by atoms with E-state index >= 15 is 0 Å². The highest BCUT2D eigenvalue weighted by Crippen LogP contribution is 2.32. The molecule has 9 nitrogen and oxygen atoms in total. The van der Waals surface area contributed by atoms with Gasteiger partial charge in [-0.25, -0.2) is 9.97 Å². The second-order valence-electron chi connectivity index (χ2n) is 9.05. The van der Waals surface area contributed by atoms with E-state index in [2.05, 4.69) is 46.9 Å². The van der Waals surface area contributed by atoms with E-state index in [0.717, 1.165) is 44.2 Å². The summed E-state index contributed by atoms with van der Waals surface area (Å²) in [5.74, 6) is 0.520. The Hall–Kier alpha value is -5.22. The molecule has 6 aromatic heterocycles. The molecule has 0 aliphatic heterocycles. The number of carbonyl (C=O) groups excluding carboxylic acids is 1. The molecule has 0 spiro atoms. The maximum Gasteiger partial charge on any atom is 0.228 e. The molecule has 0 saturated heterocycles. The van der Waals surface area contributed by atoms with Crippen molar-refractivity contribution < 1.29 is 4.79 Å². The van der Waals surface area contributed by atoms with Crippen LogP contribution in [0, 0.1) is 0 Å². The zero-order valence-corrected chi connectivity index (χ0v) is 21.2. The largest absolute Gasteiger partial charge is 0.335 e. The quantitative estimate of drug-likeness (QED) is 0.248. The van der Waals surface area contributed by atoms with Crippen molar-refractivity contribution in [2.24, 2.45) is 0 Å². The molecule has 0 radical (unpaired) electrons. The van der Waals surface area contributed by atoms with Crippen molar-refractivity contribution in [3.63, 3.8) is 0 Å². The first kappa shape index (κ1) is 22.9. The van der Waals surface area contributed by atoms with Crippen LogP contribution >= 0.6 is 11.3 Å². The van der Waals surface area contributed by atoms with Crippen LogP contribution in [0.4, 0.5) is 5.69 Å². The van der Waals surface area contributed by atoms with Gasteiger partial charge in [-0.1, -0.05) is 30.3 Å². The van der Waals surface area contributed by atoms with Crippen molar-refractivity contribution in [1.82, 2.24) is 35.1 Å². The van der Waals surface area contributed by atoms with Gasteiger partial charge in [-0.2, -0.15) is 16.4 Å². The summed E-state index contributed by atoms with van der Waals surface area (Å²) in [6, 6.07) is 15.6. The first-order chi connectivity index (χ1) is 19.2. The van der Waals surface area contributed by atoms with Gasteiger partial charge < -0.3 is 10.3 Å². The molecule has 3 N–H and O–H groups in total. The number of nitrogens with one attached hydrogen (secondary N) is 3. The number of carbonyl (C=O) groups is 1. The third kappa shape index (κ3) is 4.42. The van der Waals surface area contributed by atoms with E-state index in [1.807, 2.05) is 54.0 Å². The number of nitrogens with zero attached hydrogens (tertiary/aromatic N) is 5. The summed E-state index contributed by atoms with van der Waals surface area (Å²) in [5, 5.41) is 15.4. The molecule has 0 atom stereocenters. The highest BCUT2D eigenvalue weighted by molar-refractivity contribution is 7.08. The summed E-state index contributed by atoms with van der Waals surface area (Å²) in [5.41, 5.74) is 8.24. The number of aromatic nitrogens is 7. The van der Waals surface area contributed by atoms with Crippen molar-refractivity contribution in [2.45, 2.75) is 6.42 Å². The topological polar surface area (TPSA) is 125 Å². The van der Waals surface area contributed by atoms with E-state index in [-0.39, 0.29) is 12.3 Å². The first-order valence-electron chi connectivity index (χ1n) is 12.2. The van der Waals surface area contributed by atoms with E-state index in [0.29, 0.717) is 22.9 Å². The number of anilines is 1. The molecule has 0 saturated carbocycles. The van der Waals surface area contributed by atoms with Crippen molar-refractivity contribution in [2.75, 3.05) is 5.32 Å². The Labute approximate surface area is 226 Å². The maximum absolute atomic E-state index is 12.6. The van der Waals surface area contributed by atoms with E-state index in [9.17, 15) is 4.79 Å². The van der Waals surface area contributed by atoms with Gasteiger partial charge in [0.05, 0.1) is 35.4 Å². The molecule has 0 aliphatic carbocycles. The number of fused-ring (bicyclic) bond motifs is 2. The van der Waals surface area contributed by atoms with Gasteiger partial charge in [-0.3, -0.25) is 19.9 Å². The third-order valence-electron chi connectivity index (χ3n) is 6.43. The average molecular weight is 529 g/mol. The second kappa shape index (κ2) is 9.58. The minimum Gasteiger partial charge on any atom is -0.335 e. The normalized spacial score (nSPS) is 11.3. The Morgan fingerprint density at radius 3 is 2.67 bits per heavy atom. The Kier molecular flexibility index (Phi) is 5.64. The standard InChI is InChI=1S/C29H20N8OS/c38-25(8-17-4-2-1-3-5-17)33-21-9-19(11-30-13-21)20-10-22-27(36-37-28(22)32-12-20)29-34-24-15-31-14-23(26(24)35-29)18-6-7-39-16-18/h1-7,9-16H,8H2,(H,33,38)(H,34,35)(H,32,36,37). The third-order valence-corrected chi connectivity index (χ3v) is 7.11. The Morgan fingerprint density at radius 2 is 1.79 bits per heavy atom. The molecule has 7 aromatic rings. The van der Waals surface area contributed by atoms with Crippen LogP contribution in [0.25, 0.3) is 55.8 Å². The van der Waals surface area contributed by atoms with Gasteiger partial charge in [0.15, 0.2) is 11.5 Å². The predicted molar refractivity (Wildman–Crippen MR) is 152 cm³/mol. The fourth-order valence-electron chi connectivity index (χ4n) is 4.57. The van der Waals surface area contributed by atoms with Crippen molar-refractivity contribution >= 4 is 45.0 Å². The van der Waals surface area contributed by atoms with Crippen LogP contribution in [0.15, 0.2) is 90.3 Å². The van der Waals surface area contributed by atoms with Gasteiger partial charge in [0, 0.05) is 35.3 Å². The van der Waals surface area contributed by atoms with Crippen molar-refractivity contribution in [3.8, 4) is 33.8 Å². The Balaban J connectivity index is 1.21. The predicted octanol–water partition coefficient (Wildman–Crippen LogP) is 5.87. The molecule has 7 rings (SSSR count). The molecule has 0 aliphatic rings. The summed E-state index contributed by atoms with van der Waals surface area (Å²) in [6.45, 7) is 0. The van der Waals surface area contributed by atoms with Crippen LogP contribution in [-0.4, -0.2) is 41.0 Å². The Bertz CT molecular complexity index is 1940. The number of hydrogen-bond acceptors (Lipinski definition) is 7. The van der Waals surface area contributed by atoms with E-state index in [4.69, 9.17) is 4.98 Å². The summed E-state index contributed by atoms with van der Waals surface area (Å²) in [6.07, 6.45) is 9.02. The van der Waals surface area contributed by atoms with Crippen molar-refractivity contribution in [1.29, 1.82) is 0 Å². The zero-order valence-electron chi connectivity index (χ0n) is 20.4. The lowest BCUT2D eigenvalue weighted by Crippen LogP contribution is -2.14. The second-order valence-corrected chi connectivity index (χ2v) is 9.83. The summed E-state index contributed by atoms with van der Waals surface area (Å²) < 4.78 is 0. The lowest BCUT2D eigenvalue weighted by molar-refractivity contribution is -0.115. The van der Waals surface area contributed by atoms with Gasteiger partial charge in [0.2, 0.25) is 5.91 Å². The van der Waals surface area contributed by atoms with Crippen LogP contribution in [0.5, 0.6) is 0 Å². The number of amides is 1. The molecule has 0 fully saturated rings. The number of imidazole rings is 1. The molecular weight excluding hydrogens is 508 g/mol. The van der Waals surface area contributed by atoms with Crippen LogP contribution in [0.3, 0.4) is 0 Å². The van der Waals surface area contributed by atoms with Gasteiger partial charge in [-0.15, -0.1) is 0 Å². The smallest absolute Gasteiger partial charge is 0.228 e. The average Bonchev–Trinajstić information content (AvgIpc) is 3.73. The maximum atomic E-state index is 12.6. The van der Waals surface area contributed by atoms with Gasteiger partial charge in [0.25, 0.3) is 0 Å². The van der Waals surface area contributed by atoms with Gasteiger partial charge in [-0.05, 0) is 40.1 Å². The van der Waals surface area contributed by atoms with Gasteiger partial charge in [0.1, 0.15) is 11.2 Å². The molecule has 10 heteroatoms. The van der Waals surface area contributed by atoms with E-state index in [1.54, 1.807) is 36.1 Å². The molecule has 39 heavy (non-hydrogen) atoms. The molecule has 6 heterocycles. The number of rotatable bonds is 6. The van der Waals surface area contributed by atoms with Gasteiger partial charge >= 0.3 is 0 Å². The first-order valence-corrected chi connectivity index (χ1v) is 13.2. The summed E-state index contributed by atoms with van der Waals surface area (Å²) >= 11 is 1.63. The fraction of sp³-hybridized carbons (Fsp3) is 0.0345. The van der Waals surface area contributed by atoms with Crippen LogP contribution < -0.4 is 5.32 Å². The number of pyridine rings is 3. The summed E-state index contributed by atoms with van der Waals surface area (Å²) in [7, 11) is 0. The van der Waals surface area contributed by atoms with Crippen molar-refractivity contribution in [3.05, 3.63) is 95.8 Å². The fourth-order valence-corrected chi connectivity index (χ4v) is 5.22. The molecule has 1 aromatic carbocycles. The lowest BCUT2D eigenvalue weighted by atomic mass is 10.1. The Morgan fingerprint density at radius 1 is 0.923 bits per heavy atom. The molecular formula is C29H20N8OS. The minimum absolute atomic E-state index is 0.105. The van der Waals surface area contributed by atoms with E-state index in [1.165, 1.54) is 0 Å². The monoisotopic (exact) mass is 528 g/mol. The molecule has 1 amide bonds. The number of benzene rings is 1. The highest BCUT2D eigenvalue weighted by Gasteiger charge is 2.17. The number of thiophene rings is 1. The number of H-pyrrole nitrogens is 2.